The van der Waals surface area contributed by atoms with Gasteiger partial charge in [-0.15, -0.1) is 0 Å². The Morgan fingerprint density at radius 2 is 2.00 bits per heavy atom. The van der Waals surface area contributed by atoms with Gasteiger partial charge in [0.25, 0.3) is 0 Å². The molecule has 4 nitrogen and oxygen atoms in total. The molecule has 118 valence electrons. The minimum atomic E-state index is 0.328. The summed E-state index contributed by atoms with van der Waals surface area (Å²) in [4.78, 5) is 14.2. The average molecular weight is 284 g/mol. The molecule has 1 rings (SSSR count). The summed E-state index contributed by atoms with van der Waals surface area (Å²) in [6.45, 7) is 5.53. The van der Waals surface area contributed by atoms with Crippen LogP contribution >= 0.6 is 0 Å². The standard InChI is InChI=1S/C16H32N2O2/c1-2-14-20-15-8-7-12-18(13-10-15)16(19)9-5-3-4-6-11-17/h15H,2-14,17H2,1H3. The van der Waals surface area contributed by atoms with E-state index < -0.39 is 0 Å². The summed E-state index contributed by atoms with van der Waals surface area (Å²) < 4.78 is 5.82. The van der Waals surface area contributed by atoms with Crippen LogP contribution in [-0.2, 0) is 9.53 Å². The van der Waals surface area contributed by atoms with Gasteiger partial charge in [-0.3, -0.25) is 4.79 Å². The lowest BCUT2D eigenvalue weighted by molar-refractivity contribution is -0.131. The summed E-state index contributed by atoms with van der Waals surface area (Å²) in [5.74, 6) is 0.328. The molecule has 1 amide bonds. The number of nitrogens with zero attached hydrogens (tertiary/aromatic N) is 1. The predicted octanol–water partition coefficient (Wildman–Crippen LogP) is 2.70. The van der Waals surface area contributed by atoms with E-state index in [4.69, 9.17) is 10.5 Å². The van der Waals surface area contributed by atoms with Gasteiger partial charge in [0.05, 0.1) is 6.10 Å². The minimum Gasteiger partial charge on any atom is -0.378 e. The van der Waals surface area contributed by atoms with E-state index in [2.05, 4.69) is 6.92 Å². The van der Waals surface area contributed by atoms with Crippen LogP contribution in [0.5, 0.6) is 0 Å². The van der Waals surface area contributed by atoms with E-state index in [1.807, 2.05) is 4.90 Å². The third-order valence-electron chi connectivity index (χ3n) is 3.93. The zero-order valence-electron chi connectivity index (χ0n) is 13.1. The van der Waals surface area contributed by atoms with Gasteiger partial charge in [-0.05, 0) is 45.1 Å². The molecule has 1 atom stereocenters. The van der Waals surface area contributed by atoms with Crippen molar-refractivity contribution in [3.63, 3.8) is 0 Å². The second-order valence-corrected chi connectivity index (χ2v) is 5.76. The van der Waals surface area contributed by atoms with Gasteiger partial charge in [-0.25, -0.2) is 0 Å². The van der Waals surface area contributed by atoms with Crippen molar-refractivity contribution in [1.29, 1.82) is 0 Å². The maximum atomic E-state index is 12.2. The van der Waals surface area contributed by atoms with E-state index in [-0.39, 0.29) is 0 Å². The van der Waals surface area contributed by atoms with E-state index in [1.54, 1.807) is 0 Å². The minimum absolute atomic E-state index is 0.328. The highest BCUT2D eigenvalue weighted by molar-refractivity contribution is 5.76. The Morgan fingerprint density at radius 1 is 1.20 bits per heavy atom. The second kappa shape index (κ2) is 11.1. The second-order valence-electron chi connectivity index (χ2n) is 5.76. The normalized spacial score (nSPS) is 19.9. The van der Waals surface area contributed by atoms with E-state index in [9.17, 15) is 4.79 Å². The molecule has 1 heterocycles. The number of hydrogen-bond acceptors (Lipinski definition) is 3. The van der Waals surface area contributed by atoms with Gasteiger partial charge in [0.15, 0.2) is 0 Å². The first-order chi connectivity index (χ1) is 9.77. The number of carbonyl (C=O) groups is 1. The largest absolute Gasteiger partial charge is 0.378 e. The maximum Gasteiger partial charge on any atom is 0.222 e. The van der Waals surface area contributed by atoms with Gasteiger partial charge in [-0.2, -0.15) is 0 Å². The third-order valence-corrected chi connectivity index (χ3v) is 3.93. The Hall–Kier alpha value is -0.610. The Kier molecular flexibility index (Phi) is 9.67. The van der Waals surface area contributed by atoms with Gasteiger partial charge in [0.1, 0.15) is 0 Å². The highest BCUT2D eigenvalue weighted by Gasteiger charge is 2.20. The van der Waals surface area contributed by atoms with E-state index in [1.165, 1.54) is 0 Å². The van der Waals surface area contributed by atoms with Crippen LogP contribution in [0.1, 0.15) is 64.7 Å². The first-order valence-electron chi connectivity index (χ1n) is 8.37. The molecule has 1 aliphatic heterocycles. The quantitative estimate of drug-likeness (QED) is 0.662. The lowest BCUT2D eigenvalue weighted by Crippen LogP contribution is -2.32. The molecule has 0 bridgehead atoms. The van der Waals surface area contributed by atoms with Gasteiger partial charge in [0.2, 0.25) is 5.91 Å². The topological polar surface area (TPSA) is 55.6 Å². The van der Waals surface area contributed by atoms with Crippen molar-refractivity contribution >= 4 is 5.91 Å². The van der Waals surface area contributed by atoms with E-state index >= 15 is 0 Å². The Morgan fingerprint density at radius 3 is 2.75 bits per heavy atom. The molecule has 0 radical (unpaired) electrons. The van der Waals surface area contributed by atoms with Crippen molar-refractivity contribution in [2.45, 2.75) is 70.8 Å². The number of unbranched alkanes of at least 4 members (excludes halogenated alkanes) is 3. The molecule has 0 aromatic carbocycles. The van der Waals surface area contributed by atoms with E-state index in [0.29, 0.717) is 18.4 Å². The van der Waals surface area contributed by atoms with Crippen LogP contribution in [-0.4, -0.2) is 43.2 Å². The third kappa shape index (κ3) is 7.25. The first kappa shape index (κ1) is 17.4. The molecule has 0 aromatic heterocycles. The molecule has 1 fully saturated rings. The zero-order valence-corrected chi connectivity index (χ0v) is 13.1. The average Bonchev–Trinajstić information content (AvgIpc) is 2.70. The number of carbonyl (C=O) groups excluding carboxylic acids is 1. The molecule has 1 unspecified atom stereocenters. The molecular weight excluding hydrogens is 252 g/mol. The van der Waals surface area contributed by atoms with Crippen LogP contribution in [0.3, 0.4) is 0 Å². The highest BCUT2D eigenvalue weighted by Crippen LogP contribution is 2.16. The Labute approximate surface area is 124 Å². The Bertz CT molecular complexity index is 259. The fourth-order valence-corrected chi connectivity index (χ4v) is 2.70. The maximum absolute atomic E-state index is 12.2. The van der Waals surface area contributed by atoms with Gasteiger partial charge in [0, 0.05) is 26.1 Å². The van der Waals surface area contributed by atoms with Crippen molar-refractivity contribution in [1.82, 2.24) is 4.90 Å². The summed E-state index contributed by atoms with van der Waals surface area (Å²) in [7, 11) is 0. The smallest absolute Gasteiger partial charge is 0.222 e. The van der Waals surface area contributed by atoms with Gasteiger partial charge >= 0.3 is 0 Å². The highest BCUT2D eigenvalue weighted by atomic mass is 16.5. The summed E-state index contributed by atoms with van der Waals surface area (Å²) in [5.41, 5.74) is 5.47. The Balaban J connectivity index is 2.17. The molecule has 1 aliphatic rings. The molecule has 4 heteroatoms. The zero-order chi connectivity index (χ0) is 14.6. The molecule has 2 N–H and O–H groups in total. The molecule has 0 aliphatic carbocycles. The molecule has 0 saturated carbocycles. The first-order valence-corrected chi connectivity index (χ1v) is 8.37. The molecule has 20 heavy (non-hydrogen) atoms. The van der Waals surface area contributed by atoms with Crippen LogP contribution < -0.4 is 5.73 Å². The number of likely N-dealkylation sites (tertiary alicyclic amines) is 1. The summed E-state index contributed by atoms with van der Waals surface area (Å²) >= 11 is 0. The molecule has 0 aromatic rings. The number of ether oxygens (including phenoxy) is 1. The fraction of sp³-hybridized carbons (Fsp3) is 0.938. The number of hydrogen-bond donors (Lipinski definition) is 1. The predicted molar refractivity (Wildman–Crippen MR) is 82.6 cm³/mol. The number of nitrogens with two attached hydrogens (primary N) is 1. The van der Waals surface area contributed by atoms with Crippen molar-refractivity contribution in [3.8, 4) is 0 Å². The monoisotopic (exact) mass is 284 g/mol. The molecular formula is C16H32N2O2. The molecule has 0 spiro atoms. The van der Waals surface area contributed by atoms with Crippen LogP contribution in [0.15, 0.2) is 0 Å². The summed E-state index contributed by atoms with van der Waals surface area (Å²) in [6, 6.07) is 0. The van der Waals surface area contributed by atoms with Crippen LogP contribution in [0.4, 0.5) is 0 Å². The van der Waals surface area contributed by atoms with Crippen LogP contribution in [0, 0.1) is 0 Å². The summed E-state index contributed by atoms with van der Waals surface area (Å²) in [5, 5.41) is 0. The van der Waals surface area contributed by atoms with Crippen LogP contribution in [0.2, 0.25) is 0 Å². The van der Waals surface area contributed by atoms with Crippen molar-refractivity contribution < 1.29 is 9.53 Å². The van der Waals surface area contributed by atoms with Crippen LogP contribution in [0.25, 0.3) is 0 Å². The SMILES string of the molecule is CCCOC1CCCN(C(=O)CCCCCCN)CC1. The summed E-state index contributed by atoms with van der Waals surface area (Å²) in [6.07, 6.45) is 9.66. The fourth-order valence-electron chi connectivity index (χ4n) is 2.70. The van der Waals surface area contributed by atoms with E-state index in [0.717, 1.165) is 77.6 Å². The molecule has 1 saturated heterocycles. The van der Waals surface area contributed by atoms with Gasteiger partial charge in [-0.1, -0.05) is 19.8 Å². The lowest BCUT2D eigenvalue weighted by atomic mass is 10.1. The van der Waals surface area contributed by atoms with Gasteiger partial charge < -0.3 is 15.4 Å². The van der Waals surface area contributed by atoms with Crippen molar-refractivity contribution in [2.75, 3.05) is 26.2 Å². The van der Waals surface area contributed by atoms with Crippen molar-refractivity contribution in [2.24, 2.45) is 5.73 Å². The number of amides is 1. The lowest BCUT2D eigenvalue weighted by Gasteiger charge is -2.20. The number of rotatable bonds is 9. The van der Waals surface area contributed by atoms with Crippen molar-refractivity contribution in [3.05, 3.63) is 0 Å².